The van der Waals surface area contributed by atoms with Crippen molar-refractivity contribution in [2.45, 2.75) is 51.6 Å². The van der Waals surface area contributed by atoms with Crippen LogP contribution in [-0.4, -0.2) is 64.2 Å². The first kappa shape index (κ1) is 23.4. The van der Waals surface area contributed by atoms with Crippen molar-refractivity contribution in [2.75, 3.05) is 53.1 Å². The molecule has 0 fully saturated rings. The Kier molecular flexibility index (Phi) is 13.3. The van der Waals surface area contributed by atoms with Gasteiger partial charge >= 0.3 is 0 Å². The molecule has 144 valence electrons. The minimum Gasteiger partial charge on any atom is -0.355 e. The van der Waals surface area contributed by atoms with E-state index in [1.807, 2.05) is 27.7 Å². The Morgan fingerprint density at radius 1 is 0.792 bits per heavy atom. The molecule has 0 atom stereocenters. The van der Waals surface area contributed by atoms with Gasteiger partial charge in [-0.25, -0.2) is 0 Å². The van der Waals surface area contributed by atoms with Crippen LogP contribution in [0.15, 0.2) is 10.2 Å². The van der Waals surface area contributed by atoms with Crippen LogP contribution in [0.1, 0.15) is 40.5 Å². The number of ether oxygens (including phenoxy) is 4. The van der Waals surface area contributed by atoms with Crippen molar-refractivity contribution >= 4 is 0 Å². The second kappa shape index (κ2) is 13.6. The van der Waals surface area contributed by atoms with E-state index in [1.54, 1.807) is 0 Å². The van der Waals surface area contributed by atoms with E-state index in [0.717, 1.165) is 12.8 Å². The fourth-order valence-corrected chi connectivity index (χ4v) is 1.49. The summed E-state index contributed by atoms with van der Waals surface area (Å²) in [5.41, 5.74) is 10.7. The first-order valence-corrected chi connectivity index (χ1v) is 8.45. The molecule has 0 saturated heterocycles. The highest BCUT2D eigenvalue weighted by atomic mass is 16.7. The first-order chi connectivity index (χ1) is 11.3. The Labute approximate surface area is 146 Å². The molecule has 0 rings (SSSR count). The van der Waals surface area contributed by atoms with Crippen molar-refractivity contribution in [3.63, 3.8) is 0 Å². The van der Waals surface area contributed by atoms with Gasteiger partial charge in [-0.2, -0.15) is 10.2 Å². The van der Waals surface area contributed by atoms with E-state index < -0.39 is 0 Å². The predicted molar refractivity (Wildman–Crippen MR) is 93.9 cm³/mol. The van der Waals surface area contributed by atoms with E-state index in [0.29, 0.717) is 39.5 Å². The number of azo groups is 1. The summed E-state index contributed by atoms with van der Waals surface area (Å²) in [4.78, 5) is 0. The van der Waals surface area contributed by atoms with Gasteiger partial charge < -0.3 is 30.4 Å². The molecule has 0 aromatic heterocycles. The second-order valence-electron chi connectivity index (χ2n) is 6.92. The highest BCUT2D eigenvalue weighted by molar-refractivity contribution is 4.74. The molecule has 8 heteroatoms. The van der Waals surface area contributed by atoms with Gasteiger partial charge in [0.15, 0.2) is 0 Å². The molecule has 0 bridgehead atoms. The highest BCUT2D eigenvalue weighted by Gasteiger charge is 2.16. The summed E-state index contributed by atoms with van der Waals surface area (Å²) in [5.74, 6) is 0. The van der Waals surface area contributed by atoms with Crippen LogP contribution in [0, 0.1) is 0 Å². The number of hydrogen-bond acceptors (Lipinski definition) is 8. The normalized spacial score (nSPS) is 13.1. The average molecular weight is 348 g/mol. The van der Waals surface area contributed by atoms with Gasteiger partial charge in [-0.15, -0.1) is 0 Å². The third-order valence-corrected chi connectivity index (χ3v) is 3.02. The molecular weight excluding hydrogens is 312 g/mol. The molecular formula is C16H36N4O4. The van der Waals surface area contributed by atoms with Crippen molar-refractivity contribution in [1.29, 1.82) is 0 Å². The maximum atomic E-state index is 5.85. The van der Waals surface area contributed by atoms with Crippen LogP contribution < -0.4 is 11.5 Å². The summed E-state index contributed by atoms with van der Waals surface area (Å²) in [5, 5.41) is 8.45. The minimum absolute atomic E-state index is 0.208. The van der Waals surface area contributed by atoms with E-state index in [4.69, 9.17) is 30.4 Å². The molecule has 0 aromatic carbocycles. The summed E-state index contributed by atoms with van der Waals surface area (Å²) >= 11 is 0. The molecule has 24 heavy (non-hydrogen) atoms. The van der Waals surface area contributed by atoms with Gasteiger partial charge in [0.25, 0.3) is 0 Å². The molecule has 0 heterocycles. The summed E-state index contributed by atoms with van der Waals surface area (Å²) in [6, 6.07) is 0. The van der Waals surface area contributed by atoms with Crippen LogP contribution >= 0.6 is 0 Å². The fourth-order valence-electron chi connectivity index (χ4n) is 1.49. The van der Waals surface area contributed by atoms with E-state index in [1.165, 1.54) is 0 Å². The zero-order valence-electron chi connectivity index (χ0n) is 15.8. The minimum atomic E-state index is -0.267. The Hall–Kier alpha value is -0.640. The fraction of sp³-hybridized carbons (Fsp3) is 1.00. The molecule has 0 aliphatic rings. The molecule has 0 saturated carbocycles. The van der Waals surface area contributed by atoms with Gasteiger partial charge in [0, 0.05) is 12.1 Å². The monoisotopic (exact) mass is 348 g/mol. The van der Waals surface area contributed by atoms with Crippen molar-refractivity contribution in [3.8, 4) is 0 Å². The molecule has 8 nitrogen and oxygen atoms in total. The van der Waals surface area contributed by atoms with E-state index in [-0.39, 0.29) is 24.7 Å². The van der Waals surface area contributed by atoms with E-state index in [2.05, 4.69) is 10.2 Å². The van der Waals surface area contributed by atoms with E-state index in [9.17, 15) is 0 Å². The maximum Gasteiger partial charge on any atom is 0.146 e. The average Bonchev–Trinajstić information content (AvgIpc) is 2.48. The lowest BCUT2D eigenvalue weighted by Crippen LogP contribution is -2.33. The smallest absolute Gasteiger partial charge is 0.146 e. The summed E-state index contributed by atoms with van der Waals surface area (Å²) in [6.07, 6.45) is 1.56. The molecule has 4 N–H and O–H groups in total. The Morgan fingerprint density at radius 2 is 1.33 bits per heavy atom. The number of nitrogens with two attached hydrogens (primary N) is 2. The number of nitrogens with zero attached hydrogens (tertiary/aromatic N) is 2. The van der Waals surface area contributed by atoms with Crippen LogP contribution in [0.3, 0.4) is 0 Å². The van der Waals surface area contributed by atoms with Crippen LogP contribution in [0.4, 0.5) is 0 Å². The topological polar surface area (TPSA) is 114 Å². The van der Waals surface area contributed by atoms with Crippen LogP contribution in [0.25, 0.3) is 0 Å². The quantitative estimate of drug-likeness (QED) is 0.249. The largest absolute Gasteiger partial charge is 0.355 e. The molecule has 0 aliphatic carbocycles. The van der Waals surface area contributed by atoms with Crippen molar-refractivity contribution in [3.05, 3.63) is 0 Å². The molecule has 0 radical (unpaired) electrons. The Bertz CT molecular complexity index is 320. The third-order valence-electron chi connectivity index (χ3n) is 3.02. The molecule has 0 unspecified atom stereocenters. The summed E-state index contributed by atoms with van der Waals surface area (Å²) in [7, 11) is 0. The highest BCUT2D eigenvalue weighted by Crippen LogP contribution is 2.14. The second-order valence-corrected chi connectivity index (χ2v) is 6.92. The number of rotatable bonds is 16. The SMILES string of the molecule is CC(C)(N)CCOCOCCN=NC(C)(C)CCOCOCCN. The predicted octanol–water partition coefficient (Wildman–Crippen LogP) is 1.67. The van der Waals surface area contributed by atoms with Gasteiger partial charge in [0.05, 0.1) is 38.5 Å². The van der Waals surface area contributed by atoms with Crippen molar-refractivity contribution in [2.24, 2.45) is 21.7 Å². The molecule has 0 spiro atoms. The molecule has 0 aromatic rings. The Morgan fingerprint density at radius 3 is 1.92 bits per heavy atom. The van der Waals surface area contributed by atoms with Crippen molar-refractivity contribution in [1.82, 2.24) is 0 Å². The molecule has 0 amide bonds. The third kappa shape index (κ3) is 17.7. The standard InChI is InChI=1S/C16H36N4O4/c1-15(2,18)5-9-21-14-24-12-8-19-20-16(3,4)6-10-22-13-23-11-7-17/h5-14,17-18H2,1-4H3. The van der Waals surface area contributed by atoms with Crippen LogP contribution in [-0.2, 0) is 18.9 Å². The first-order valence-electron chi connectivity index (χ1n) is 8.45. The maximum absolute atomic E-state index is 5.85. The Balaban J connectivity index is 3.53. The summed E-state index contributed by atoms with van der Waals surface area (Å²) < 4.78 is 21.2. The van der Waals surface area contributed by atoms with E-state index >= 15 is 0 Å². The lowest BCUT2D eigenvalue weighted by atomic mass is 10.0. The van der Waals surface area contributed by atoms with Gasteiger partial charge in [-0.3, -0.25) is 0 Å². The van der Waals surface area contributed by atoms with Gasteiger partial charge in [-0.05, 0) is 40.5 Å². The lowest BCUT2D eigenvalue weighted by molar-refractivity contribution is -0.0554. The van der Waals surface area contributed by atoms with Crippen LogP contribution in [0.5, 0.6) is 0 Å². The zero-order valence-corrected chi connectivity index (χ0v) is 15.8. The molecule has 0 aliphatic heterocycles. The number of hydrogen-bond donors (Lipinski definition) is 2. The zero-order chi connectivity index (χ0) is 18.3. The van der Waals surface area contributed by atoms with Gasteiger partial charge in [-0.1, -0.05) is 0 Å². The van der Waals surface area contributed by atoms with Crippen LogP contribution in [0.2, 0.25) is 0 Å². The van der Waals surface area contributed by atoms with Gasteiger partial charge in [0.1, 0.15) is 13.6 Å². The summed E-state index contributed by atoms with van der Waals surface area (Å²) in [6.45, 7) is 11.6. The van der Waals surface area contributed by atoms with Crippen molar-refractivity contribution < 1.29 is 18.9 Å². The lowest BCUT2D eigenvalue weighted by Gasteiger charge is -2.18. The van der Waals surface area contributed by atoms with Gasteiger partial charge in [0.2, 0.25) is 0 Å².